The quantitative estimate of drug-likeness (QED) is 0.890. The number of likely N-dealkylation sites (N-methyl/N-ethyl adjacent to an activating group) is 1. The molecule has 1 aromatic heterocycles. The van der Waals surface area contributed by atoms with Gasteiger partial charge in [0.05, 0.1) is 5.69 Å². The molecular formula is C15H25N3O. The summed E-state index contributed by atoms with van der Waals surface area (Å²) in [5.41, 5.74) is 1.25. The second-order valence-corrected chi connectivity index (χ2v) is 6.08. The van der Waals surface area contributed by atoms with Crippen LogP contribution in [0.25, 0.3) is 0 Å². The summed E-state index contributed by atoms with van der Waals surface area (Å²) >= 11 is 0. The van der Waals surface area contributed by atoms with Crippen LogP contribution in [0.4, 0.5) is 0 Å². The second kappa shape index (κ2) is 5.99. The molecule has 1 aliphatic rings. The molecule has 4 nitrogen and oxygen atoms in total. The van der Waals surface area contributed by atoms with Gasteiger partial charge in [-0.1, -0.05) is 6.07 Å². The number of aliphatic hydroxyl groups is 1. The monoisotopic (exact) mass is 263 g/mol. The summed E-state index contributed by atoms with van der Waals surface area (Å²) in [6.45, 7) is 7.70. The fourth-order valence-corrected chi connectivity index (χ4v) is 2.91. The fraction of sp³-hybridized carbons (Fsp3) is 0.667. The number of nitrogens with zero attached hydrogens (tertiary/aromatic N) is 3. The Morgan fingerprint density at radius 2 is 2.21 bits per heavy atom. The van der Waals surface area contributed by atoms with Gasteiger partial charge in [0.1, 0.15) is 0 Å². The van der Waals surface area contributed by atoms with Crippen LogP contribution in [0, 0.1) is 0 Å². The minimum absolute atomic E-state index is 0.132. The van der Waals surface area contributed by atoms with E-state index in [4.69, 9.17) is 0 Å². The number of pyridine rings is 1. The average molecular weight is 263 g/mol. The van der Waals surface area contributed by atoms with Gasteiger partial charge in [-0.25, -0.2) is 0 Å². The minimum Gasteiger partial charge on any atom is -0.396 e. The minimum atomic E-state index is 0.132. The highest BCUT2D eigenvalue weighted by molar-refractivity contribution is 5.04. The molecule has 0 amide bonds. The van der Waals surface area contributed by atoms with Crippen LogP contribution < -0.4 is 0 Å². The molecule has 0 saturated carbocycles. The number of hydrogen-bond acceptors (Lipinski definition) is 4. The van der Waals surface area contributed by atoms with Crippen LogP contribution >= 0.6 is 0 Å². The Kier molecular flexibility index (Phi) is 4.55. The first kappa shape index (κ1) is 14.4. The van der Waals surface area contributed by atoms with Gasteiger partial charge in [-0.3, -0.25) is 14.8 Å². The SMILES string of the molecule is CN1C(CCO)CN(Cc2ccccn2)CC1(C)C. The Morgan fingerprint density at radius 3 is 2.84 bits per heavy atom. The largest absolute Gasteiger partial charge is 0.396 e. The molecule has 0 aromatic carbocycles. The predicted octanol–water partition coefficient (Wildman–Crippen LogP) is 1.36. The van der Waals surface area contributed by atoms with E-state index < -0.39 is 0 Å². The van der Waals surface area contributed by atoms with Gasteiger partial charge in [0, 0.05) is 44.0 Å². The van der Waals surface area contributed by atoms with Gasteiger partial charge in [-0.2, -0.15) is 0 Å². The van der Waals surface area contributed by atoms with Crippen molar-refractivity contribution in [2.45, 2.75) is 38.4 Å². The smallest absolute Gasteiger partial charge is 0.0543 e. The van der Waals surface area contributed by atoms with E-state index in [2.05, 4.69) is 41.7 Å². The van der Waals surface area contributed by atoms with Crippen molar-refractivity contribution in [3.63, 3.8) is 0 Å². The molecule has 4 heteroatoms. The summed E-state index contributed by atoms with van der Waals surface area (Å²) < 4.78 is 0. The Morgan fingerprint density at radius 1 is 1.42 bits per heavy atom. The average Bonchev–Trinajstić information content (AvgIpc) is 2.36. The lowest BCUT2D eigenvalue weighted by Crippen LogP contribution is -2.62. The first-order valence-electron chi connectivity index (χ1n) is 6.99. The number of piperazine rings is 1. The summed E-state index contributed by atoms with van der Waals surface area (Å²) in [4.78, 5) is 9.25. The molecule has 0 radical (unpaired) electrons. The van der Waals surface area contributed by atoms with Crippen LogP contribution in [-0.2, 0) is 6.54 Å². The molecule has 1 aromatic rings. The molecule has 0 aliphatic carbocycles. The van der Waals surface area contributed by atoms with Gasteiger partial charge in [0.25, 0.3) is 0 Å². The molecule has 1 N–H and O–H groups in total. The molecule has 1 aliphatic heterocycles. The molecule has 1 fully saturated rings. The Balaban J connectivity index is 2.05. The number of rotatable bonds is 4. The molecule has 106 valence electrons. The van der Waals surface area contributed by atoms with E-state index in [1.807, 2.05) is 18.3 Å². The van der Waals surface area contributed by atoms with Gasteiger partial charge in [0.15, 0.2) is 0 Å². The van der Waals surface area contributed by atoms with Crippen molar-refractivity contribution in [1.29, 1.82) is 0 Å². The van der Waals surface area contributed by atoms with Crippen molar-refractivity contribution in [1.82, 2.24) is 14.8 Å². The number of aliphatic hydroxyl groups excluding tert-OH is 1. The summed E-state index contributed by atoms with van der Waals surface area (Å²) in [5, 5.41) is 9.22. The van der Waals surface area contributed by atoms with Gasteiger partial charge in [-0.15, -0.1) is 0 Å². The Hall–Kier alpha value is -0.970. The van der Waals surface area contributed by atoms with E-state index in [1.165, 1.54) is 0 Å². The van der Waals surface area contributed by atoms with Crippen molar-refractivity contribution in [2.24, 2.45) is 0 Å². The van der Waals surface area contributed by atoms with E-state index in [9.17, 15) is 5.11 Å². The van der Waals surface area contributed by atoms with Crippen LogP contribution in [0.1, 0.15) is 26.0 Å². The molecule has 2 rings (SSSR count). The lowest BCUT2D eigenvalue weighted by Gasteiger charge is -2.50. The zero-order valence-electron chi connectivity index (χ0n) is 12.2. The third kappa shape index (κ3) is 3.53. The van der Waals surface area contributed by atoms with Crippen LogP contribution in [0.2, 0.25) is 0 Å². The predicted molar refractivity (Wildman–Crippen MR) is 76.8 cm³/mol. The van der Waals surface area contributed by atoms with Crippen LogP contribution in [0.5, 0.6) is 0 Å². The molecule has 1 saturated heterocycles. The van der Waals surface area contributed by atoms with E-state index >= 15 is 0 Å². The maximum atomic E-state index is 9.22. The molecule has 1 unspecified atom stereocenters. The lowest BCUT2D eigenvalue weighted by molar-refractivity contribution is -0.0182. The lowest BCUT2D eigenvalue weighted by atomic mass is 9.94. The summed E-state index contributed by atoms with van der Waals surface area (Å²) in [6.07, 6.45) is 2.68. The zero-order valence-corrected chi connectivity index (χ0v) is 12.2. The standard InChI is InChI=1S/C15H25N3O/c1-15(2)12-18(10-13-6-4-5-8-16-13)11-14(7-9-19)17(15)3/h4-6,8,14,19H,7,9-12H2,1-3H3. The summed E-state index contributed by atoms with van der Waals surface area (Å²) in [6, 6.07) is 6.48. The van der Waals surface area contributed by atoms with Gasteiger partial charge in [-0.05, 0) is 39.4 Å². The zero-order chi connectivity index (χ0) is 13.9. The first-order valence-corrected chi connectivity index (χ1v) is 6.99. The highest BCUT2D eigenvalue weighted by Crippen LogP contribution is 2.25. The normalized spacial score (nSPS) is 24.5. The van der Waals surface area contributed by atoms with Crippen LogP contribution in [0.15, 0.2) is 24.4 Å². The van der Waals surface area contributed by atoms with E-state index in [0.29, 0.717) is 6.04 Å². The molecule has 2 heterocycles. The van der Waals surface area contributed by atoms with Gasteiger partial charge < -0.3 is 5.11 Å². The maximum Gasteiger partial charge on any atom is 0.0543 e. The third-order valence-corrected chi connectivity index (χ3v) is 4.16. The van der Waals surface area contributed by atoms with Crippen molar-refractivity contribution in [2.75, 3.05) is 26.7 Å². The van der Waals surface area contributed by atoms with Crippen molar-refractivity contribution < 1.29 is 5.11 Å². The molecule has 0 bridgehead atoms. The summed E-state index contributed by atoms with van der Waals surface area (Å²) in [7, 11) is 2.17. The Bertz CT molecular complexity index is 394. The second-order valence-electron chi connectivity index (χ2n) is 6.08. The van der Waals surface area contributed by atoms with E-state index in [-0.39, 0.29) is 12.1 Å². The topological polar surface area (TPSA) is 39.6 Å². The highest BCUT2D eigenvalue weighted by atomic mass is 16.3. The molecular weight excluding hydrogens is 238 g/mol. The molecule has 19 heavy (non-hydrogen) atoms. The first-order chi connectivity index (χ1) is 9.03. The van der Waals surface area contributed by atoms with Crippen molar-refractivity contribution in [3.8, 4) is 0 Å². The van der Waals surface area contributed by atoms with E-state index in [1.54, 1.807) is 0 Å². The van der Waals surface area contributed by atoms with Crippen LogP contribution in [-0.4, -0.2) is 58.2 Å². The summed E-state index contributed by atoms with van der Waals surface area (Å²) in [5.74, 6) is 0. The van der Waals surface area contributed by atoms with Crippen LogP contribution in [0.3, 0.4) is 0 Å². The maximum absolute atomic E-state index is 9.22. The van der Waals surface area contributed by atoms with E-state index in [0.717, 1.165) is 31.7 Å². The highest BCUT2D eigenvalue weighted by Gasteiger charge is 2.36. The number of aromatic nitrogens is 1. The number of hydrogen-bond donors (Lipinski definition) is 1. The molecule has 0 spiro atoms. The fourth-order valence-electron chi connectivity index (χ4n) is 2.91. The Labute approximate surface area is 116 Å². The van der Waals surface area contributed by atoms with Crippen molar-refractivity contribution in [3.05, 3.63) is 30.1 Å². The molecule has 1 atom stereocenters. The van der Waals surface area contributed by atoms with Gasteiger partial charge in [0.2, 0.25) is 0 Å². The van der Waals surface area contributed by atoms with Gasteiger partial charge >= 0.3 is 0 Å². The van der Waals surface area contributed by atoms with Crippen molar-refractivity contribution >= 4 is 0 Å². The third-order valence-electron chi connectivity index (χ3n) is 4.16.